The number of hydrogen-bond donors (Lipinski definition) is 0. The molecule has 2 fully saturated rings. The predicted octanol–water partition coefficient (Wildman–Crippen LogP) is 1.53. The summed E-state index contributed by atoms with van der Waals surface area (Å²) in [5.74, 6) is -0.329. The molecule has 0 aliphatic heterocycles. The lowest BCUT2D eigenvalue weighted by Crippen LogP contribution is -2.55. The lowest BCUT2D eigenvalue weighted by molar-refractivity contribution is -0.240. The monoisotopic (exact) mass is 208 g/mol. The van der Waals surface area contributed by atoms with Gasteiger partial charge >= 0.3 is 0 Å². The van der Waals surface area contributed by atoms with Gasteiger partial charge in [-0.05, 0) is 24.2 Å². The first-order chi connectivity index (χ1) is 7.19. The summed E-state index contributed by atoms with van der Waals surface area (Å²) in [6, 6.07) is 0. The molecule has 0 amide bonds. The van der Waals surface area contributed by atoms with Crippen LogP contribution in [-0.4, -0.2) is 25.8 Å². The van der Waals surface area contributed by atoms with Gasteiger partial charge in [0.05, 0.1) is 0 Å². The quantitative estimate of drug-likeness (QED) is 0.510. The number of ketones is 1. The van der Waals surface area contributed by atoms with Crippen LogP contribution in [0.15, 0.2) is 12.2 Å². The highest BCUT2D eigenvalue weighted by Crippen LogP contribution is 2.68. The maximum atomic E-state index is 12.1. The molecule has 0 N–H and O–H groups in total. The summed E-state index contributed by atoms with van der Waals surface area (Å²) in [6.07, 6.45) is 7.31. The van der Waals surface area contributed by atoms with Crippen molar-refractivity contribution in [1.29, 1.82) is 0 Å². The van der Waals surface area contributed by atoms with Gasteiger partial charge < -0.3 is 9.47 Å². The summed E-state index contributed by atoms with van der Waals surface area (Å²) in [7, 11) is 3.15. The van der Waals surface area contributed by atoms with Crippen molar-refractivity contribution < 1.29 is 14.3 Å². The molecule has 0 aromatic carbocycles. The van der Waals surface area contributed by atoms with Crippen molar-refractivity contribution in [3.05, 3.63) is 12.2 Å². The van der Waals surface area contributed by atoms with Crippen LogP contribution < -0.4 is 0 Å². The zero-order valence-corrected chi connectivity index (χ0v) is 9.16. The second kappa shape index (κ2) is 2.71. The Labute approximate surface area is 89.4 Å². The number of ether oxygens (including phenoxy) is 2. The highest BCUT2D eigenvalue weighted by molar-refractivity contribution is 5.89. The molecule has 3 nitrogen and oxygen atoms in total. The van der Waals surface area contributed by atoms with E-state index in [4.69, 9.17) is 9.47 Å². The molecule has 2 bridgehead atoms. The number of allylic oxidation sites excluding steroid dienone is 1. The van der Waals surface area contributed by atoms with E-state index in [0.717, 1.165) is 0 Å². The van der Waals surface area contributed by atoms with E-state index < -0.39 is 5.79 Å². The Kier molecular flexibility index (Phi) is 1.73. The molecule has 0 saturated heterocycles. The first kappa shape index (κ1) is 9.55. The van der Waals surface area contributed by atoms with E-state index in [1.165, 1.54) is 12.8 Å². The molecular formula is C12H16O3. The van der Waals surface area contributed by atoms with Crippen LogP contribution in [0.3, 0.4) is 0 Å². The molecule has 3 rings (SSSR count). The van der Waals surface area contributed by atoms with Crippen LogP contribution in [0.5, 0.6) is 0 Å². The molecule has 0 aromatic rings. The lowest BCUT2D eigenvalue weighted by Gasteiger charge is -2.43. The van der Waals surface area contributed by atoms with Crippen LogP contribution in [0.25, 0.3) is 0 Å². The van der Waals surface area contributed by atoms with Gasteiger partial charge in [-0.25, -0.2) is 0 Å². The minimum atomic E-state index is -1.00. The molecule has 0 unspecified atom stereocenters. The third-order valence-electron chi connectivity index (χ3n) is 4.53. The van der Waals surface area contributed by atoms with Crippen molar-refractivity contribution >= 4 is 5.78 Å². The van der Waals surface area contributed by atoms with Gasteiger partial charge in [-0.2, -0.15) is 0 Å². The normalized spacial score (nSPS) is 38.7. The Morgan fingerprint density at radius 2 is 1.93 bits per heavy atom. The Hall–Kier alpha value is -0.670. The summed E-state index contributed by atoms with van der Waals surface area (Å²) in [6.45, 7) is 0. The largest absolute Gasteiger partial charge is 0.347 e. The lowest BCUT2D eigenvalue weighted by atomic mass is 9.70. The van der Waals surface area contributed by atoms with Crippen molar-refractivity contribution in [3.8, 4) is 0 Å². The van der Waals surface area contributed by atoms with Gasteiger partial charge in [0.15, 0.2) is 5.78 Å². The molecule has 2 saturated carbocycles. The number of hydrogen-bond acceptors (Lipinski definition) is 3. The highest BCUT2D eigenvalue weighted by Gasteiger charge is 2.68. The number of carbonyl (C=O) groups excluding carboxylic acids is 1. The zero-order valence-electron chi connectivity index (χ0n) is 9.16. The first-order valence-corrected chi connectivity index (χ1v) is 5.51. The Morgan fingerprint density at radius 1 is 1.27 bits per heavy atom. The summed E-state index contributed by atoms with van der Waals surface area (Å²) in [5.41, 5.74) is 0.292. The van der Waals surface area contributed by atoms with E-state index >= 15 is 0 Å². The number of carbonyl (C=O) groups is 1. The molecule has 0 heterocycles. The fourth-order valence-corrected chi connectivity index (χ4v) is 3.54. The molecule has 82 valence electrons. The molecular weight excluding hydrogens is 192 g/mol. The van der Waals surface area contributed by atoms with E-state index in [0.29, 0.717) is 17.8 Å². The van der Waals surface area contributed by atoms with E-state index in [-0.39, 0.29) is 11.7 Å². The second-order valence-corrected chi connectivity index (χ2v) is 4.91. The van der Waals surface area contributed by atoms with Gasteiger partial charge in [0.25, 0.3) is 0 Å². The number of rotatable bonds is 2. The van der Waals surface area contributed by atoms with Gasteiger partial charge in [0.2, 0.25) is 5.79 Å². The SMILES string of the molecule is COC1(OC)C(=O)C[C@@H]2C=C[C@H]1C21CC1. The predicted molar refractivity (Wildman–Crippen MR) is 54.2 cm³/mol. The molecule has 3 heteroatoms. The second-order valence-electron chi connectivity index (χ2n) is 4.91. The Balaban J connectivity index is 2.06. The third kappa shape index (κ3) is 0.911. The maximum Gasteiger partial charge on any atom is 0.235 e. The minimum absolute atomic E-state index is 0.102. The molecule has 0 aromatic heterocycles. The summed E-state index contributed by atoms with van der Waals surface area (Å²) >= 11 is 0. The first-order valence-electron chi connectivity index (χ1n) is 5.51. The minimum Gasteiger partial charge on any atom is -0.347 e. The van der Waals surface area contributed by atoms with Gasteiger partial charge in [0, 0.05) is 26.6 Å². The molecule has 0 radical (unpaired) electrons. The van der Waals surface area contributed by atoms with Crippen LogP contribution in [0.4, 0.5) is 0 Å². The van der Waals surface area contributed by atoms with Crippen molar-refractivity contribution in [2.24, 2.45) is 17.3 Å². The molecule has 3 aliphatic carbocycles. The van der Waals surface area contributed by atoms with Crippen molar-refractivity contribution in [2.45, 2.75) is 25.0 Å². The fourth-order valence-electron chi connectivity index (χ4n) is 3.54. The van der Waals surface area contributed by atoms with E-state index in [1.807, 2.05) is 0 Å². The average Bonchev–Trinajstić information content (AvgIpc) is 2.95. The van der Waals surface area contributed by atoms with Crippen molar-refractivity contribution in [1.82, 2.24) is 0 Å². The van der Waals surface area contributed by atoms with Crippen LogP contribution in [-0.2, 0) is 14.3 Å². The summed E-state index contributed by atoms with van der Waals surface area (Å²) in [5, 5.41) is 0. The Morgan fingerprint density at radius 3 is 2.47 bits per heavy atom. The van der Waals surface area contributed by atoms with Crippen LogP contribution >= 0.6 is 0 Å². The van der Waals surface area contributed by atoms with Gasteiger partial charge in [-0.3, -0.25) is 4.79 Å². The summed E-state index contributed by atoms with van der Waals surface area (Å²) in [4.78, 5) is 12.1. The average molecular weight is 208 g/mol. The van der Waals surface area contributed by atoms with Crippen molar-refractivity contribution in [3.63, 3.8) is 0 Å². The summed E-state index contributed by atoms with van der Waals surface area (Å²) < 4.78 is 10.8. The maximum absolute atomic E-state index is 12.1. The van der Waals surface area contributed by atoms with E-state index in [1.54, 1.807) is 14.2 Å². The van der Waals surface area contributed by atoms with Crippen LogP contribution in [0, 0.1) is 17.3 Å². The standard InChI is InChI=1S/C12H16O3/c1-14-12(15-2)9-4-3-8(7-10(12)13)11(9)5-6-11/h3-4,8-9H,5-7H2,1-2H3/t8-,9-/m0/s1. The van der Waals surface area contributed by atoms with Gasteiger partial charge in [0.1, 0.15) is 0 Å². The number of Topliss-reactive ketones (excluding diaryl/α,β-unsaturated/α-hetero) is 1. The highest BCUT2D eigenvalue weighted by atomic mass is 16.7. The Bertz CT molecular complexity index is 337. The van der Waals surface area contributed by atoms with Gasteiger partial charge in [-0.1, -0.05) is 12.2 Å². The molecule has 1 spiro atoms. The van der Waals surface area contributed by atoms with Gasteiger partial charge in [-0.15, -0.1) is 0 Å². The van der Waals surface area contributed by atoms with E-state index in [2.05, 4.69) is 12.2 Å². The van der Waals surface area contributed by atoms with Crippen LogP contribution in [0.2, 0.25) is 0 Å². The van der Waals surface area contributed by atoms with E-state index in [9.17, 15) is 4.79 Å². The molecule has 15 heavy (non-hydrogen) atoms. The number of methoxy groups -OCH3 is 2. The third-order valence-corrected chi connectivity index (χ3v) is 4.53. The topological polar surface area (TPSA) is 35.5 Å². The fraction of sp³-hybridized carbons (Fsp3) is 0.750. The smallest absolute Gasteiger partial charge is 0.235 e. The zero-order chi connectivity index (χ0) is 10.7. The molecule has 2 atom stereocenters. The van der Waals surface area contributed by atoms with Crippen LogP contribution in [0.1, 0.15) is 19.3 Å². The van der Waals surface area contributed by atoms with Crippen molar-refractivity contribution in [2.75, 3.05) is 14.2 Å². The molecule has 3 aliphatic rings.